The van der Waals surface area contributed by atoms with Crippen molar-refractivity contribution < 1.29 is 18.0 Å². The number of nitrogens with zero attached hydrogens (tertiary/aromatic N) is 5. The number of aromatic nitrogens is 4. The average Bonchev–Trinajstić information content (AvgIpc) is 3.04. The smallest absolute Gasteiger partial charge is 0.356 e. The number of amides is 1. The maximum absolute atomic E-state index is 12.3. The normalized spacial score (nSPS) is 16.7. The standard InChI is InChI=1S/C17H22F3N7O/c1-16(14(28)22-11-17(18,19)20)4-7-27(8-5-16)13-3-6-21-15(25-13)24-12-9-23-26(2)10-12/h3,6,9-10H,4-5,7-8,11H2,1-2H3,(H,22,28)(H,21,24,25). The van der Waals surface area contributed by atoms with Gasteiger partial charge in [-0.3, -0.25) is 9.48 Å². The van der Waals surface area contributed by atoms with Gasteiger partial charge in [-0.05, 0) is 18.9 Å². The summed E-state index contributed by atoms with van der Waals surface area (Å²) in [6.07, 6.45) is 1.54. The molecule has 0 atom stereocenters. The van der Waals surface area contributed by atoms with Crippen LogP contribution in [0.15, 0.2) is 24.7 Å². The second-order valence-electron chi connectivity index (χ2n) is 7.11. The Morgan fingerprint density at radius 1 is 1.32 bits per heavy atom. The molecule has 3 heterocycles. The second-order valence-corrected chi connectivity index (χ2v) is 7.11. The maximum atomic E-state index is 12.3. The fraction of sp³-hybridized carbons (Fsp3) is 0.529. The van der Waals surface area contributed by atoms with Crippen molar-refractivity contribution in [1.82, 2.24) is 25.1 Å². The molecule has 2 aromatic rings. The van der Waals surface area contributed by atoms with Crippen molar-refractivity contribution in [3.05, 3.63) is 24.7 Å². The van der Waals surface area contributed by atoms with Crippen LogP contribution in [-0.2, 0) is 11.8 Å². The first-order valence-electron chi connectivity index (χ1n) is 8.83. The number of alkyl halides is 3. The van der Waals surface area contributed by atoms with Crippen molar-refractivity contribution >= 4 is 23.4 Å². The Morgan fingerprint density at radius 3 is 2.64 bits per heavy atom. The molecule has 1 saturated heterocycles. The van der Waals surface area contributed by atoms with E-state index in [1.165, 1.54) is 0 Å². The van der Waals surface area contributed by atoms with E-state index >= 15 is 0 Å². The van der Waals surface area contributed by atoms with Gasteiger partial charge < -0.3 is 15.5 Å². The third-order valence-corrected chi connectivity index (χ3v) is 4.79. The number of carbonyl (C=O) groups is 1. The van der Waals surface area contributed by atoms with Gasteiger partial charge in [-0.2, -0.15) is 23.3 Å². The van der Waals surface area contributed by atoms with Crippen LogP contribution in [0.4, 0.5) is 30.6 Å². The zero-order chi connectivity index (χ0) is 20.4. The van der Waals surface area contributed by atoms with Gasteiger partial charge in [0.25, 0.3) is 0 Å². The highest BCUT2D eigenvalue weighted by molar-refractivity contribution is 5.82. The Morgan fingerprint density at radius 2 is 2.04 bits per heavy atom. The van der Waals surface area contributed by atoms with Crippen molar-refractivity contribution in [2.24, 2.45) is 12.5 Å². The Hall–Kier alpha value is -2.85. The number of aryl methyl sites for hydroxylation is 1. The number of carbonyl (C=O) groups excluding carboxylic acids is 1. The summed E-state index contributed by atoms with van der Waals surface area (Å²) < 4.78 is 38.7. The summed E-state index contributed by atoms with van der Waals surface area (Å²) in [6, 6.07) is 1.76. The van der Waals surface area contributed by atoms with Gasteiger partial charge in [0.05, 0.1) is 11.9 Å². The van der Waals surface area contributed by atoms with Gasteiger partial charge in [-0.15, -0.1) is 0 Å². The molecule has 2 aromatic heterocycles. The average molecular weight is 397 g/mol. The van der Waals surface area contributed by atoms with Gasteiger partial charge in [0.15, 0.2) is 0 Å². The molecule has 1 aliphatic rings. The molecule has 3 rings (SSSR count). The third kappa shape index (κ3) is 4.90. The molecule has 0 saturated carbocycles. The SMILES string of the molecule is Cn1cc(Nc2nccc(N3CCC(C)(C(=O)NCC(F)(F)F)CC3)n2)cn1. The predicted octanol–water partition coefficient (Wildman–Crippen LogP) is 2.24. The van der Waals surface area contributed by atoms with E-state index in [1.807, 2.05) is 10.2 Å². The number of anilines is 3. The lowest BCUT2D eigenvalue weighted by molar-refractivity contribution is -0.144. The first-order valence-corrected chi connectivity index (χ1v) is 8.83. The molecule has 0 aliphatic carbocycles. The highest BCUT2D eigenvalue weighted by Crippen LogP contribution is 2.33. The maximum Gasteiger partial charge on any atom is 0.405 e. The molecule has 8 nitrogen and oxygen atoms in total. The zero-order valence-corrected chi connectivity index (χ0v) is 15.6. The third-order valence-electron chi connectivity index (χ3n) is 4.79. The van der Waals surface area contributed by atoms with Gasteiger partial charge in [0.2, 0.25) is 11.9 Å². The first kappa shape index (κ1) is 19.9. The topological polar surface area (TPSA) is 88.0 Å². The molecular formula is C17H22F3N7O. The number of hydrogen-bond donors (Lipinski definition) is 2. The minimum atomic E-state index is -4.41. The number of piperidine rings is 1. The van der Waals surface area contributed by atoms with E-state index in [-0.39, 0.29) is 0 Å². The molecular weight excluding hydrogens is 375 g/mol. The van der Waals surface area contributed by atoms with Gasteiger partial charge in [0.1, 0.15) is 12.4 Å². The van der Waals surface area contributed by atoms with E-state index in [9.17, 15) is 18.0 Å². The highest BCUT2D eigenvalue weighted by Gasteiger charge is 2.39. The molecule has 0 unspecified atom stereocenters. The number of hydrogen-bond acceptors (Lipinski definition) is 6. The summed E-state index contributed by atoms with van der Waals surface area (Å²) in [7, 11) is 1.80. The zero-order valence-electron chi connectivity index (χ0n) is 15.6. The first-order chi connectivity index (χ1) is 13.1. The Balaban J connectivity index is 1.60. The monoisotopic (exact) mass is 397 g/mol. The second kappa shape index (κ2) is 7.64. The molecule has 0 radical (unpaired) electrons. The van der Waals surface area contributed by atoms with Crippen LogP contribution in [0.1, 0.15) is 19.8 Å². The van der Waals surface area contributed by atoms with E-state index in [2.05, 4.69) is 20.4 Å². The van der Waals surface area contributed by atoms with Gasteiger partial charge in [-0.1, -0.05) is 6.92 Å². The molecule has 11 heteroatoms. The molecule has 152 valence electrons. The molecule has 1 fully saturated rings. The van der Waals surface area contributed by atoms with Crippen LogP contribution in [0.2, 0.25) is 0 Å². The van der Waals surface area contributed by atoms with Gasteiger partial charge >= 0.3 is 6.18 Å². The summed E-state index contributed by atoms with van der Waals surface area (Å²) in [4.78, 5) is 22.9. The summed E-state index contributed by atoms with van der Waals surface area (Å²) in [5.74, 6) is 0.548. The number of nitrogens with one attached hydrogen (secondary N) is 2. The fourth-order valence-electron chi connectivity index (χ4n) is 3.05. The van der Waals surface area contributed by atoms with Gasteiger partial charge in [-0.25, -0.2) is 4.98 Å². The lowest BCUT2D eigenvalue weighted by Gasteiger charge is -2.38. The van der Waals surface area contributed by atoms with Crippen LogP contribution < -0.4 is 15.5 Å². The summed E-state index contributed by atoms with van der Waals surface area (Å²) in [6.45, 7) is 1.42. The Bertz CT molecular complexity index is 828. The minimum absolute atomic E-state index is 0.418. The minimum Gasteiger partial charge on any atom is -0.356 e. The molecule has 0 aromatic carbocycles. The van der Waals surface area contributed by atoms with E-state index < -0.39 is 24.0 Å². The fourth-order valence-corrected chi connectivity index (χ4v) is 3.05. The van der Waals surface area contributed by atoms with Crippen molar-refractivity contribution in [3.8, 4) is 0 Å². The van der Waals surface area contributed by atoms with Crippen LogP contribution in [-0.4, -0.2) is 51.5 Å². The lowest BCUT2D eigenvalue weighted by atomic mass is 9.79. The van der Waals surface area contributed by atoms with E-state index in [0.717, 1.165) is 5.69 Å². The summed E-state index contributed by atoms with van der Waals surface area (Å²) in [5, 5.41) is 9.13. The molecule has 1 aliphatic heterocycles. The van der Waals surface area contributed by atoms with Crippen LogP contribution >= 0.6 is 0 Å². The van der Waals surface area contributed by atoms with E-state index in [1.54, 1.807) is 43.3 Å². The van der Waals surface area contributed by atoms with Crippen LogP contribution in [0.3, 0.4) is 0 Å². The Labute approximate surface area is 160 Å². The molecule has 0 bridgehead atoms. The van der Waals surface area contributed by atoms with E-state index in [0.29, 0.717) is 37.7 Å². The highest BCUT2D eigenvalue weighted by atomic mass is 19.4. The van der Waals surface area contributed by atoms with Gasteiger partial charge in [0, 0.05) is 37.9 Å². The van der Waals surface area contributed by atoms with Crippen LogP contribution in [0.25, 0.3) is 0 Å². The Kier molecular flexibility index (Phi) is 5.43. The quantitative estimate of drug-likeness (QED) is 0.805. The van der Waals surface area contributed by atoms with Crippen molar-refractivity contribution in [1.29, 1.82) is 0 Å². The van der Waals surface area contributed by atoms with E-state index in [4.69, 9.17) is 0 Å². The molecule has 2 N–H and O–H groups in total. The summed E-state index contributed by atoms with van der Waals surface area (Å²) in [5.41, 5.74) is -0.0711. The predicted molar refractivity (Wildman–Crippen MR) is 97.1 cm³/mol. The lowest BCUT2D eigenvalue weighted by Crippen LogP contribution is -2.49. The molecule has 28 heavy (non-hydrogen) atoms. The molecule has 0 spiro atoms. The molecule has 1 amide bonds. The van der Waals surface area contributed by atoms with Crippen LogP contribution in [0.5, 0.6) is 0 Å². The van der Waals surface area contributed by atoms with Crippen molar-refractivity contribution in [2.45, 2.75) is 25.9 Å². The van der Waals surface area contributed by atoms with Crippen molar-refractivity contribution in [3.63, 3.8) is 0 Å². The van der Waals surface area contributed by atoms with Crippen molar-refractivity contribution in [2.75, 3.05) is 29.9 Å². The summed E-state index contributed by atoms with van der Waals surface area (Å²) >= 11 is 0. The largest absolute Gasteiger partial charge is 0.405 e. The number of rotatable bonds is 5. The van der Waals surface area contributed by atoms with Crippen LogP contribution in [0, 0.1) is 5.41 Å². The number of halogens is 3.